The van der Waals surface area contributed by atoms with Crippen LogP contribution in [0.25, 0.3) is 10.9 Å². The van der Waals surface area contributed by atoms with Gasteiger partial charge in [0.2, 0.25) is 0 Å². The van der Waals surface area contributed by atoms with Crippen molar-refractivity contribution in [3.63, 3.8) is 0 Å². The van der Waals surface area contributed by atoms with Gasteiger partial charge in [-0.05, 0) is 54.9 Å². The van der Waals surface area contributed by atoms with Gasteiger partial charge in [-0.25, -0.2) is 4.98 Å². The third-order valence-electron chi connectivity index (χ3n) is 4.58. The van der Waals surface area contributed by atoms with Gasteiger partial charge in [-0.15, -0.1) is 12.4 Å². The zero-order valence-electron chi connectivity index (χ0n) is 13.5. The summed E-state index contributed by atoms with van der Waals surface area (Å²) in [6, 6.07) is 9.29. The monoisotopic (exact) mass is 389 g/mol. The zero-order chi connectivity index (χ0) is 16.7. The number of hydrogen-bond acceptors (Lipinski definition) is 4. The molecule has 2 aromatic rings. The van der Waals surface area contributed by atoms with Gasteiger partial charge >= 0.3 is 5.51 Å². The lowest BCUT2D eigenvalue weighted by atomic mass is 10.2. The van der Waals surface area contributed by atoms with E-state index < -0.39 is 5.51 Å². The first-order valence-corrected chi connectivity index (χ1v) is 8.95. The van der Waals surface area contributed by atoms with Crippen LogP contribution in [-0.2, 0) is 0 Å². The number of fused-ring (bicyclic) bond motifs is 1. The zero-order valence-corrected chi connectivity index (χ0v) is 15.1. The highest BCUT2D eigenvalue weighted by atomic mass is 35.5. The molecule has 0 radical (unpaired) electrons. The van der Waals surface area contributed by atoms with E-state index >= 15 is 0 Å². The Labute approximate surface area is 155 Å². The van der Waals surface area contributed by atoms with Gasteiger partial charge < -0.3 is 4.90 Å². The summed E-state index contributed by atoms with van der Waals surface area (Å²) < 4.78 is 37.4. The lowest BCUT2D eigenvalue weighted by Gasteiger charge is -2.35. The molecule has 2 heterocycles. The number of nitrogens with zero attached hydrogens (tertiary/aromatic N) is 3. The van der Waals surface area contributed by atoms with Crippen LogP contribution in [0.4, 0.5) is 19.0 Å². The Morgan fingerprint density at radius 3 is 2.36 bits per heavy atom. The van der Waals surface area contributed by atoms with E-state index in [4.69, 9.17) is 0 Å². The van der Waals surface area contributed by atoms with Gasteiger partial charge in [-0.1, -0.05) is 0 Å². The molecular weight excluding hydrogens is 371 g/mol. The molecule has 0 amide bonds. The summed E-state index contributed by atoms with van der Waals surface area (Å²) >= 11 is -0.0871. The minimum absolute atomic E-state index is 0. The van der Waals surface area contributed by atoms with E-state index in [1.807, 2.05) is 12.1 Å². The molecule has 0 spiro atoms. The number of benzene rings is 1. The Hall–Kier alpha value is -1.18. The molecule has 1 aliphatic heterocycles. The molecule has 3 nitrogen and oxygen atoms in total. The predicted octanol–water partition coefficient (Wildman–Crippen LogP) is 4.55. The molecule has 4 rings (SSSR count). The molecule has 8 heteroatoms. The van der Waals surface area contributed by atoms with E-state index in [9.17, 15) is 13.2 Å². The molecule has 0 N–H and O–H groups in total. The first-order chi connectivity index (χ1) is 11.5. The second-order valence-corrected chi connectivity index (χ2v) is 7.46. The van der Waals surface area contributed by atoms with E-state index in [2.05, 4.69) is 14.8 Å². The van der Waals surface area contributed by atoms with Gasteiger partial charge in [-0.2, -0.15) is 13.2 Å². The van der Waals surface area contributed by atoms with Crippen molar-refractivity contribution in [2.75, 3.05) is 31.1 Å². The molecule has 1 aromatic carbocycles. The Morgan fingerprint density at radius 1 is 1.00 bits per heavy atom. The normalized spacial score (nSPS) is 19.1. The molecule has 25 heavy (non-hydrogen) atoms. The minimum Gasteiger partial charge on any atom is -0.354 e. The molecule has 2 fully saturated rings. The summed E-state index contributed by atoms with van der Waals surface area (Å²) in [6.07, 6.45) is 2.65. The maximum Gasteiger partial charge on any atom is 0.446 e. The average molecular weight is 390 g/mol. The molecule has 1 saturated carbocycles. The van der Waals surface area contributed by atoms with Crippen LogP contribution in [0.1, 0.15) is 12.8 Å². The smallest absolute Gasteiger partial charge is 0.354 e. The number of pyridine rings is 1. The maximum atomic E-state index is 12.5. The Balaban J connectivity index is 0.00000182. The van der Waals surface area contributed by atoms with Crippen LogP contribution in [-0.4, -0.2) is 47.6 Å². The van der Waals surface area contributed by atoms with Crippen LogP contribution in [0.2, 0.25) is 0 Å². The van der Waals surface area contributed by atoms with Crippen LogP contribution in [0.15, 0.2) is 35.2 Å². The molecule has 1 aromatic heterocycles. The third-order valence-corrected chi connectivity index (χ3v) is 5.30. The lowest BCUT2D eigenvalue weighted by molar-refractivity contribution is -0.0328. The van der Waals surface area contributed by atoms with Gasteiger partial charge in [0.05, 0.1) is 5.52 Å². The number of thioether (sulfide) groups is 1. The fourth-order valence-electron chi connectivity index (χ4n) is 3.22. The summed E-state index contributed by atoms with van der Waals surface area (Å²) in [5.74, 6) is 0.911. The lowest BCUT2D eigenvalue weighted by Crippen LogP contribution is -2.47. The maximum absolute atomic E-state index is 12.5. The van der Waals surface area contributed by atoms with Crippen molar-refractivity contribution in [1.82, 2.24) is 9.88 Å². The molecule has 0 atom stereocenters. The fourth-order valence-corrected chi connectivity index (χ4v) is 3.81. The van der Waals surface area contributed by atoms with Crippen molar-refractivity contribution in [3.05, 3.63) is 30.3 Å². The van der Waals surface area contributed by atoms with E-state index in [0.29, 0.717) is 0 Å². The number of alkyl halides is 3. The first kappa shape index (κ1) is 18.6. The number of rotatable bonds is 3. The largest absolute Gasteiger partial charge is 0.446 e. The van der Waals surface area contributed by atoms with Crippen LogP contribution in [0, 0.1) is 0 Å². The van der Waals surface area contributed by atoms with Crippen LogP contribution in [0.3, 0.4) is 0 Å². The summed E-state index contributed by atoms with van der Waals surface area (Å²) in [7, 11) is 0. The second kappa shape index (κ2) is 7.21. The van der Waals surface area contributed by atoms with E-state index in [1.54, 1.807) is 12.1 Å². The molecule has 1 saturated heterocycles. The molecule has 0 unspecified atom stereocenters. The molecule has 136 valence electrons. The Bertz CT molecular complexity index is 743. The van der Waals surface area contributed by atoms with Crippen molar-refractivity contribution in [1.29, 1.82) is 0 Å². The van der Waals surface area contributed by atoms with E-state index in [-0.39, 0.29) is 29.1 Å². The highest BCUT2D eigenvalue weighted by Gasteiger charge is 2.31. The SMILES string of the molecule is Cl.FC(F)(F)Sc1ccc2nc(N3CCN(C4CC4)CC3)ccc2c1. The van der Waals surface area contributed by atoms with Crippen molar-refractivity contribution in [3.8, 4) is 0 Å². The molecule has 0 bridgehead atoms. The highest BCUT2D eigenvalue weighted by Crippen LogP contribution is 2.38. The first-order valence-electron chi connectivity index (χ1n) is 8.13. The molecule has 2 aliphatic rings. The Kier molecular flexibility index (Phi) is 5.37. The summed E-state index contributed by atoms with van der Waals surface area (Å²) in [5, 5.41) is 0.740. The third kappa shape index (κ3) is 4.51. The number of halogens is 4. The van der Waals surface area contributed by atoms with Crippen LogP contribution >= 0.6 is 24.2 Å². The van der Waals surface area contributed by atoms with Crippen molar-refractivity contribution < 1.29 is 13.2 Å². The van der Waals surface area contributed by atoms with Crippen molar-refractivity contribution >= 4 is 40.9 Å². The quantitative estimate of drug-likeness (QED) is 0.717. The number of piperazine rings is 1. The number of anilines is 1. The summed E-state index contributed by atoms with van der Waals surface area (Å²) in [6.45, 7) is 4.03. The fraction of sp³-hybridized carbons (Fsp3) is 0.471. The van der Waals surface area contributed by atoms with E-state index in [0.717, 1.165) is 48.9 Å². The molecule has 1 aliphatic carbocycles. The second-order valence-electron chi connectivity index (χ2n) is 6.33. The predicted molar refractivity (Wildman–Crippen MR) is 97.7 cm³/mol. The minimum atomic E-state index is -4.26. The van der Waals surface area contributed by atoms with Gasteiger partial charge in [0.25, 0.3) is 0 Å². The van der Waals surface area contributed by atoms with Gasteiger partial charge in [0.1, 0.15) is 5.82 Å². The van der Waals surface area contributed by atoms with Gasteiger partial charge in [0.15, 0.2) is 0 Å². The highest BCUT2D eigenvalue weighted by molar-refractivity contribution is 8.00. The number of aromatic nitrogens is 1. The average Bonchev–Trinajstić information content (AvgIpc) is 3.38. The van der Waals surface area contributed by atoms with Gasteiger partial charge in [-0.3, -0.25) is 4.90 Å². The number of hydrogen-bond donors (Lipinski definition) is 0. The Morgan fingerprint density at radius 2 is 1.72 bits per heavy atom. The summed E-state index contributed by atoms with van der Waals surface area (Å²) in [5.41, 5.74) is -3.52. The van der Waals surface area contributed by atoms with E-state index in [1.165, 1.54) is 18.9 Å². The van der Waals surface area contributed by atoms with Crippen molar-refractivity contribution in [2.24, 2.45) is 0 Å². The molecular formula is C17H19ClF3N3S. The van der Waals surface area contributed by atoms with Gasteiger partial charge in [0, 0.05) is 42.5 Å². The topological polar surface area (TPSA) is 19.4 Å². The van der Waals surface area contributed by atoms with Crippen molar-refractivity contribution in [2.45, 2.75) is 29.3 Å². The van der Waals surface area contributed by atoms with Crippen LogP contribution in [0.5, 0.6) is 0 Å². The summed E-state index contributed by atoms with van der Waals surface area (Å²) in [4.78, 5) is 9.64. The standard InChI is InChI=1S/C17H18F3N3S.ClH/c18-17(19,20)24-14-4-5-15-12(11-14)1-6-16(21-15)23-9-7-22(8-10-23)13-2-3-13;/h1,4-6,11,13H,2-3,7-10H2;1H. The van der Waals surface area contributed by atoms with Crippen LogP contribution < -0.4 is 4.90 Å².